The highest BCUT2D eigenvalue weighted by atomic mass is 16.2. The Labute approximate surface area is 88.9 Å². The van der Waals surface area contributed by atoms with Gasteiger partial charge in [-0.2, -0.15) is 0 Å². The average Bonchev–Trinajstić information content (AvgIpc) is 2.49. The SMILES string of the molecule is CCCCC(C(C)=O)N1C(=O)C=CC1=O. The first-order chi connectivity index (χ1) is 7.07. The van der Waals surface area contributed by atoms with Crippen LogP contribution in [0.2, 0.25) is 0 Å². The summed E-state index contributed by atoms with van der Waals surface area (Å²) in [6.07, 6.45) is 4.76. The van der Waals surface area contributed by atoms with Crippen molar-refractivity contribution in [1.82, 2.24) is 4.90 Å². The maximum Gasteiger partial charge on any atom is 0.254 e. The molecule has 0 bridgehead atoms. The topological polar surface area (TPSA) is 54.5 Å². The fourth-order valence-corrected chi connectivity index (χ4v) is 1.63. The number of Topliss-reactive ketones (excluding diaryl/α,β-unsaturated/α-hetero) is 1. The van der Waals surface area contributed by atoms with Crippen LogP contribution >= 0.6 is 0 Å². The summed E-state index contributed by atoms with van der Waals surface area (Å²) < 4.78 is 0. The van der Waals surface area contributed by atoms with E-state index in [0.717, 1.165) is 17.7 Å². The highest BCUT2D eigenvalue weighted by Crippen LogP contribution is 2.15. The van der Waals surface area contributed by atoms with Crippen molar-refractivity contribution in [2.24, 2.45) is 0 Å². The van der Waals surface area contributed by atoms with Crippen LogP contribution in [0.15, 0.2) is 12.2 Å². The first-order valence-corrected chi connectivity index (χ1v) is 5.13. The molecule has 0 radical (unpaired) electrons. The standard InChI is InChI=1S/C11H15NO3/c1-3-4-5-9(8(2)13)12-10(14)6-7-11(12)15/h6-7,9H,3-5H2,1-2H3. The molecule has 0 spiro atoms. The minimum absolute atomic E-state index is 0.131. The number of nitrogens with zero attached hydrogens (tertiary/aromatic N) is 1. The first kappa shape index (κ1) is 11.6. The molecule has 0 saturated heterocycles. The fraction of sp³-hybridized carbons (Fsp3) is 0.545. The third-order valence-corrected chi connectivity index (χ3v) is 2.46. The molecule has 0 aromatic heterocycles. The van der Waals surface area contributed by atoms with E-state index < -0.39 is 6.04 Å². The van der Waals surface area contributed by atoms with Gasteiger partial charge in [0.25, 0.3) is 11.8 Å². The van der Waals surface area contributed by atoms with Crippen molar-refractivity contribution >= 4 is 17.6 Å². The van der Waals surface area contributed by atoms with E-state index in [2.05, 4.69) is 0 Å². The van der Waals surface area contributed by atoms with Crippen LogP contribution < -0.4 is 0 Å². The number of carbonyl (C=O) groups excluding carboxylic acids is 3. The van der Waals surface area contributed by atoms with Gasteiger partial charge in [0.05, 0.1) is 6.04 Å². The minimum Gasteiger partial charge on any atom is -0.298 e. The maximum absolute atomic E-state index is 11.4. The molecule has 4 heteroatoms. The summed E-state index contributed by atoms with van der Waals surface area (Å²) in [5.74, 6) is -0.888. The predicted molar refractivity (Wildman–Crippen MR) is 55.0 cm³/mol. The largest absolute Gasteiger partial charge is 0.298 e. The van der Waals surface area contributed by atoms with Gasteiger partial charge in [-0.05, 0) is 13.3 Å². The van der Waals surface area contributed by atoms with Crippen LogP contribution in [0.5, 0.6) is 0 Å². The number of rotatable bonds is 5. The average molecular weight is 209 g/mol. The van der Waals surface area contributed by atoms with Crippen LogP contribution in [0.3, 0.4) is 0 Å². The third-order valence-electron chi connectivity index (χ3n) is 2.46. The molecule has 0 aromatic rings. The van der Waals surface area contributed by atoms with E-state index in [1.165, 1.54) is 19.1 Å². The number of amides is 2. The Bertz CT molecular complexity index is 302. The second-order valence-electron chi connectivity index (χ2n) is 3.65. The summed E-state index contributed by atoms with van der Waals surface area (Å²) in [4.78, 5) is 35.1. The Kier molecular flexibility index (Phi) is 3.77. The second-order valence-corrected chi connectivity index (χ2v) is 3.65. The molecule has 2 amide bonds. The molecule has 15 heavy (non-hydrogen) atoms. The zero-order valence-electron chi connectivity index (χ0n) is 9.03. The summed E-state index contributed by atoms with van der Waals surface area (Å²) in [6, 6.07) is -0.583. The van der Waals surface area contributed by atoms with Gasteiger partial charge in [-0.25, -0.2) is 0 Å². The van der Waals surface area contributed by atoms with Crippen molar-refractivity contribution in [3.63, 3.8) is 0 Å². The van der Waals surface area contributed by atoms with E-state index in [4.69, 9.17) is 0 Å². The molecule has 1 heterocycles. The fourth-order valence-electron chi connectivity index (χ4n) is 1.63. The zero-order valence-corrected chi connectivity index (χ0v) is 9.03. The van der Waals surface area contributed by atoms with E-state index in [9.17, 15) is 14.4 Å². The normalized spacial score (nSPS) is 17.3. The highest BCUT2D eigenvalue weighted by molar-refractivity contribution is 6.15. The Morgan fingerprint density at radius 2 is 1.87 bits per heavy atom. The quantitative estimate of drug-likeness (QED) is 0.636. The lowest BCUT2D eigenvalue weighted by molar-refractivity contribution is -0.144. The van der Waals surface area contributed by atoms with Gasteiger partial charge < -0.3 is 0 Å². The molecule has 1 rings (SSSR count). The summed E-state index contributed by atoms with van der Waals surface area (Å²) in [5, 5.41) is 0. The third kappa shape index (κ3) is 2.52. The maximum atomic E-state index is 11.4. The van der Waals surface area contributed by atoms with Crippen molar-refractivity contribution in [2.45, 2.75) is 39.2 Å². The van der Waals surface area contributed by atoms with Crippen LogP contribution in [0, 0.1) is 0 Å². The molecule has 0 aromatic carbocycles. The monoisotopic (exact) mass is 209 g/mol. The van der Waals surface area contributed by atoms with Crippen molar-refractivity contribution in [3.8, 4) is 0 Å². The number of ketones is 1. The van der Waals surface area contributed by atoms with Gasteiger partial charge in [0.1, 0.15) is 0 Å². The minimum atomic E-state index is -0.583. The van der Waals surface area contributed by atoms with Gasteiger partial charge in [0, 0.05) is 12.2 Å². The van der Waals surface area contributed by atoms with Gasteiger partial charge in [0.2, 0.25) is 0 Å². The first-order valence-electron chi connectivity index (χ1n) is 5.13. The lowest BCUT2D eigenvalue weighted by atomic mass is 10.1. The lowest BCUT2D eigenvalue weighted by Gasteiger charge is -2.23. The van der Waals surface area contributed by atoms with E-state index in [1.807, 2.05) is 6.92 Å². The predicted octanol–water partition coefficient (Wildman–Crippen LogP) is 1.06. The summed E-state index contributed by atoms with van der Waals surface area (Å²) in [7, 11) is 0. The van der Waals surface area contributed by atoms with Gasteiger partial charge in [-0.3, -0.25) is 19.3 Å². The molecule has 1 unspecified atom stereocenters. The number of hydrogen-bond donors (Lipinski definition) is 0. The zero-order chi connectivity index (χ0) is 11.4. The molecule has 82 valence electrons. The van der Waals surface area contributed by atoms with Crippen LogP contribution in [-0.2, 0) is 14.4 Å². The van der Waals surface area contributed by atoms with Crippen molar-refractivity contribution in [2.75, 3.05) is 0 Å². The molecule has 4 nitrogen and oxygen atoms in total. The lowest BCUT2D eigenvalue weighted by Crippen LogP contribution is -2.44. The number of imide groups is 1. The molecular weight excluding hydrogens is 194 g/mol. The number of carbonyl (C=O) groups is 3. The van der Waals surface area contributed by atoms with Crippen molar-refractivity contribution in [3.05, 3.63) is 12.2 Å². The number of hydrogen-bond acceptors (Lipinski definition) is 3. The molecule has 0 fully saturated rings. The van der Waals surface area contributed by atoms with E-state index in [1.54, 1.807) is 0 Å². The van der Waals surface area contributed by atoms with E-state index in [0.29, 0.717) is 6.42 Å². The smallest absolute Gasteiger partial charge is 0.254 e. The summed E-state index contributed by atoms with van der Waals surface area (Å²) >= 11 is 0. The molecule has 0 N–H and O–H groups in total. The molecule has 0 aliphatic carbocycles. The van der Waals surface area contributed by atoms with E-state index in [-0.39, 0.29) is 17.6 Å². The second kappa shape index (κ2) is 4.87. The number of unbranched alkanes of at least 4 members (excludes halogenated alkanes) is 1. The van der Waals surface area contributed by atoms with Crippen LogP contribution in [-0.4, -0.2) is 28.5 Å². The molecule has 1 atom stereocenters. The molecule has 1 aliphatic heterocycles. The molecular formula is C11H15NO3. The Morgan fingerprint density at radius 3 is 2.27 bits per heavy atom. The van der Waals surface area contributed by atoms with E-state index >= 15 is 0 Å². The van der Waals surface area contributed by atoms with Gasteiger partial charge in [0.15, 0.2) is 5.78 Å². The van der Waals surface area contributed by atoms with Gasteiger partial charge in [-0.15, -0.1) is 0 Å². The van der Waals surface area contributed by atoms with Gasteiger partial charge in [-0.1, -0.05) is 19.8 Å². The van der Waals surface area contributed by atoms with Crippen LogP contribution in [0.25, 0.3) is 0 Å². The van der Waals surface area contributed by atoms with Crippen LogP contribution in [0.1, 0.15) is 33.1 Å². The van der Waals surface area contributed by atoms with Crippen LogP contribution in [0.4, 0.5) is 0 Å². The summed E-state index contributed by atoms with van der Waals surface area (Å²) in [5.41, 5.74) is 0. The Morgan fingerprint density at radius 1 is 1.33 bits per heavy atom. The summed E-state index contributed by atoms with van der Waals surface area (Å²) in [6.45, 7) is 3.42. The molecule has 0 saturated carbocycles. The van der Waals surface area contributed by atoms with Gasteiger partial charge >= 0.3 is 0 Å². The highest BCUT2D eigenvalue weighted by Gasteiger charge is 2.33. The van der Waals surface area contributed by atoms with Crippen molar-refractivity contribution < 1.29 is 14.4 Å². The Balaban J connectivity index is 2.76. The Hall–Kier alpha value is -1.45. The molecule has 1 aliphatic rings. The van der Waals surface area contributed by atoms with Crippen molar-refractivity contribution in [1.29, 1.82) is 0 Å².